The lowest BCUT2D eigenvalue weighted by Crippen LogP contribution is -2.18. The maximum Gasteiger partial charge on any atom is 0.124 e. The zero-order chi connectivity index (χ0) is 14.2. The van der Waals surface area contributed by atoms with Crippen molar-refractivity contribution in [1.29, 1.82) is 0 Å². The van der Waals surface area contributed by atoms with E-state index in [9.17, 15) is 0 Å². The Balaban J connectivity index is 2.02. The second kappa shape index (κ2) is 7.85. The Hall–Kier alpha value is -1.62. The van der Waals surface area contributed by atoms with E-state index in [2.05, 4.69) is 10.3 Å². The first-order valence-electron chi connectivity index (χ1n) is 6.41. The third kappa shape index (κ3) is 4.49. The number of hydrogen-bond acceptors (Lipinski definition) is 4. The van der Waals surface area contributed by atoms with Gasteiger partial charge in [-0.3, -0.25) is 4.98 Å². The molecule has 0 amide bonds. The molecule has 2 N–H and O–H groups in total. The molecule has 0 aliphatic rings. The molecule has 2 aromatic rings. The predicted octanol–water partition coefficient (Wildman–Crippen LogP) is 2.40. The van der Waals surface area contributed by atoms with Crippen molar-refractivity contribution in [3.63, 3.8) is 0 Å². The van der Waals surface area contributed by atoms with Crippen LogP contribution in [0, 0.1) is 0 Å². The van der Waals surface area contributed by atoms with Gasteiger partial charge in [-0.25, -0.2) is 0 Å². The standard InChI is InChI=1S/C15H17ClN2O2/c16-14-3-4-15(13(8-14)10-18-6-7-19)20-11-12-2-1-5-17-9-12/h1-5,8-9,18-19H,6-7,10-11H2. The zero-order valence-electron chi connectivity index (χ0n) is 11.1. The number of aliphatic hydroxyl groups excluding tert-OH is 1. The number of aromatic nitrogens is 1. The predicted molar refractivity (Wildman–Crippen MR) is 78.8 cm³/mol. The van der Waals surface area contributed by atoms with Gasteiger partial charge in [-0.05, 0) is 24.3 Å². The van der Waals surface area contributed by atoms with Crippen LogP contribution in [0.4, 0.5) is 0 Å². The Kier molecular flexibility index (Phi) is 5.80. The smallest absolute Gasteiger partial charge is 0.124 e. The highest BCUT2D eigenvalue weighted by atomic mass is 35.5. The molecule has 106 valence electrons. The van der Waals surface area contributed by atoms with Gasteiger partial charge in [-0.2, -0.15) is 0 Å². The first kappa shape index (κ1) is 14.8. The third-order valence-electron chi connectivity index (χ3n) is 2.74. The van der Waals surface area contributed by atoms with Crippen molar-refractivity contribution in [1.82, 2.24) is 10.3 Å². The van der Waals surface area contributed by atoms with E-state index in [0.717, 1.165) is 16.9 Å². The average Bonchev–Trinajstić information content (AvgIpc) is 2.48. The van der Waals surface area contributed by atoms with Gasteiger partial charge in [0.25, 0.3) is 0 Å². The number of ether oxygens (including phenoxy) is 1. The molecule has 2 rings (SSSR count). The van der Waals surface area contributed by atoms with Crippen LogP contribution in [0.25, 0.3) is 0 Å². The summed E-state index contributed by atoms with van der Waals surface area (Å²) in [5, 5.41) is 12.6. The number of halogens is 1. The minimum atomic E-state index is 0.104. The monoisotopic (exact) mass is 292 g/mol. The highest BCUT2D eigenvalue weighted by Crippen LogP contribution is 2.23. The van der Waals surface area contributed by atoms with Gasteiger partial charge in [0.15, 0.2) is 0 Å². The lowest BCUT2D eigenvalue weighted by molar-refractivity contribution is 0.288. The summed E-state index contributed by atoms with van der Waals surface area (Å²) in [5.74, 6) is 0.781. The van der Waals surface area contributed by atoms with Crippen molar-refractivity contribution < 1.29 is 9.84 Å². The Morgan fingerprint density at radius 3 is 2.95 bits per heavy atom. The lowest BCUT2D eigenvalue weighted by Gasteiger charge is -2.12. The molecule has 1 heterocycles. The van der Waals surface area contributed by atoms with Crippen molar-refractivity contribution >= 4 is 11.6 Å². The van der Waals surface area contributed by atoms with Gasteiger partial charge in [0.2, 0.25) is 0 Å². The van der Waals surface area contributed by atoms with E-state index < -0.39 is 0 Å². The molecule has 4 nitrogen and oxygen atoms in total. The van der Waals surface area contributed by atoms with Crippen LogP contribution in [0.5, 0.6) is 5.75 Å². The summed E-state index contributed by atoms with van der Waals surface area (Å²) in [6, 6.07) is 9.37. The second-order valence-electron chi connectivity index (χ2n) is 4.30. The van der Waals surface area contributed by atoms with Gasteiger partial charge in [0.05, 0.1) is 6.61 Å². The van der Waals surface area contributed by atoms with Crippen molar-refractivity contribution in [3.05, 3.63) is 58.9 Å². The molecule has 0 saturated carbocycles. The number of rotatable bonds is 7. The largest absolute Gasteiger partial charge is 0.489 e. The van der Waals surface area contributed by atoms with E-state index in [1.165, 1.54) is 0 Å². The van der Waals surface area contributed by atoms with E-state index in [1.807, 2.05) is 24.3 Å². The molecule has 0 unspecified atom stereocenters. The van der Waals surface area contributed by atoms with Gasteiger partial charge in [0, 0.05) is 41.6 Å². The van der Waals surface area contributed by atoms with Crippen molar-refractivity contribution in [2.24, 2.45) is 0 Å². The molecule has 0 radical (unpaired) electrons. The topological polar surface area (TPSA) is 54.4 Å². The van der Waals surface area contributed by atoms with Crippen LogP contribution in [0.1, 0.15) is 11.1 Å². The summed E-state index contributed by atoms with van der Waals surface area (Å²) >= 11 is 6.00. The van der Waals surface area contributed by atoms with Crippen LogP contribution in [0.3, 0.4) is 0 Å². The van der Waals surface area contributed by atoms with Gasteiger partial charge in [0.1, 0.15) is 12.4 Å². The van der Waals surface area contributed by atoms with E-state index in [-0.39, 0.29) is 6.61 Å². The van der Waals surface area contributed by atoms with E-state index in [0.29, 0.717) is 24.7 Å². The molecule has 0 spiro atoms. The number of nitrogens with one attached hydrogen (secondary N) is 1. The molecule has 1 aromatic heterocycles. The molecule has 0 aliphatic heterocycles. The normalized spacial score (nSPS) is 10.5. The molecular weight excluding hydrogens is 276 g/mol. The molecule has 5 heteroatoms. The average molecular weight is 293 g/mol. The van der Waals surface area contributed by atoms with E-state index in [1.54, 1.807) is 18.5 Å². The SMILES string of the molecule is OCCNCc1cc(Cl)ccc1OCc1cccnc1. The van der Waals surface area contributed by atoms with Crippen molar-refractivity contribution in [2.45, 2.75) is 13.2 Å². The maximum absolute atomic E-state index is 8.79. The number of aliphatic hydroxyl groups is 1. The summed E-state index contributed by atoms with van der Waals surface area (Å²) < 4.78 is 5.81. The molecule has 0 bridgehead atoms. The van der Waals surface area contributed by atoms with E-state index in [4.69, 9.17) is 21.4 Å². The first-order chi connectivity index (χ1) is 9.79. The highest BCUT2D eigenvalue weighted by molar-refractivity contribution is 6.30. The maximum atomic E-state index is 8.79. The van der Waals surface area contributed by atoms with Crippen molar-refractivity contribution in [3.8, 4) is 5.75 Å². The Bertz CT molecular complexity index is 535. The summed E-state index contributed by atoms with van der Waals surface area (Å²) in [6.45, 7) is 1.70. The highest BCUT2D eigenvalue weighted by Gasteiger charge is 2.05. The van der Waals surface area contributed by atoms with Crippen LogP contribution >= 0.6 is 11.6 Å². The lowest BCUT2D eigenvalue weighted by atomic mass is 10.2. The Morgan fingerprint density at radius 2 is 2.20 bits per heavy atom. The van der Waals surface area contributed by atoms with Gasteiger partial charge >= 0.3 is 0 Å². The quantitative estimate of drug-likeness (QED) is 0.770. The zero-order valence-corrected chi connectivity index (χ0v) is 11.8. The Labute approximate surface area is 123 Å². The first-order valence-corrected chi connectivity index (χ1v) is 6.79. The second-order valence-corrected chi connectivity index (χ2v) is 4.74. The van der Waals surface area contributed by atoms with Crippen LogP contribution in [-0.2, 0) is 13.2 Å². The summed E-state index contributed by atoms with van der Waals surface area (Å²) in [6.07, 6.45) is 3.51. The number of hydrogen-bond donors (Lipinski definition) is 2. The fourth-order valence-corrected chi connectivity index (χ4v) is 1.97. The summed E-state index contributed by atoms with van der Waals surface area (Å²) in [7, 11) is 0. The fourth-order valence-electron chi connectivity index (χ4n) is 1.77. The molecule has 0 fully saturated rings. The van der Waals surface area contributed by atoms with Crippen LogP contribution in [-0.4, -0.2) is 23.2 Å². The van der Waals surface area contributed by atoms with Crippen LogP contribution in [0.2, 0.25) is 5.02 Å². The third-order valence-corrected chi connectivity index (χ3v) is 2.98. The Morgan fingerprint density at radius 1 is 1.30 bits per heavy atom. The van der Waals surface area contributed by atoms with Gasteiger partial charge < -0.3 is 15.2 Å². The molecule has 0 saturated heterocycles. The minimum Gasteiger partial charge on any atom is -0.489 e. The van der Waals surface area contributed by atoms with Crippen molar-refractivity contribution in [2.75, 3.05) is 13.2 Å². The molecule has 1 aromatic carbocycles. The van der Waals surface area contributed by atoms with Crippen LogP contribution in [0.15, 0.2) is 42.7 Å². The number of benzene rings is 1. The number of nitrogens with zero attached hydrogens (tertiary/aromatic N) is 1. The fraction of sp³-hybridized carbons (Fsp3) is 0.267. The molecule has 20 heavy (non-hydrogen) atoms. The van der Waals surface area contributed by atoms with Crippen LogP contribution < -0.4 is 10.1 Å². The summed E-state index contributed by atoms with van der Waals surface area (Å²) in [5.41, 5.74) is 1.98. The summed E-state index contributed by atoms with van der Waals surface area (Å²) in [4.78, 5) is 4.05. The minimum absolute atomic E-state index is 0.104. The molecule has 0 aliphatic carbocycles. The van der Waals surface area contributed by atoms with Gasteiger partial charge in [-0.15, -0.1) is 0 Å². The van der Waals surface area contributed by atoms with E-state index >= 15 is 0 Å². The van der Waals surface area contributed by atoms with Gasteiger partial charge in [-0.1, -0.05) is 17.7 Å². The number of pyridine rings is 1. The molecular formula is C15H17ClN2O2. The molecule has 0 atom stereocenters.